The lowest BCUT2D eigenvalue weighted by atomic mass is 10.1. The van der Waals surface area contributed by atoms with Crippen molar-refractivity contribution in [1.29, 1.82) is 0 Å². The molecule has 2 aromatic carbocycles. The highest BCUT2D eigenvalue weighted by molar-refractivity contribution is 5.40. The van der Waals surface area contributed by atoms with Crippen molar-refractivity contribution in [1.82, 2.24) is 5.32 Å². The van der Waals surface area contributed by atoms with E-state index in [1.807, 2.05) is 25.1 Å². The van der Waals surface area contributed by atoms with Gasteiger partial charge in [0.15, 0.2) is 0 Å². The molecule has 0 spiro atoms. The molecule has 0 saturated heterocycles. The van der Waals surface area contributed by atoms with Crippen molar-refractivity contribution in [2.24, 2.45) is 0 Å². The zero-order valence-corrected chi connectivity index (χ0v) is 12.4. The molecule has 21 heavy (non-hydrogen) atoms. The topological polar surface area (TPSA) is 21.3 Å². The highest BCUT2D eigenvalue weighted by Gasteiger charge is 2.06. The zero-order valence-electron chi connectivity index (χ0n) is 12.4. The maximum Gasteiger partial charge on any atom is 0.133 e. The zero-order chi connectivity index (χ0) is 15.4. The van der Waals surface area contributed by atoms with Crippen LogP contribution in [0, 0.1) is 18.6 Å². The number of rotatable bonds is 5. The summed E-state index contributed by atoms with van der Waals surface area (Å²) in [4.78, 5) is 0. The first-order valence-corrected chi connectivity index (χ1v) is 6.91. The minimum Gasteiger partial charge on any atom is -0.457 e. The van der Waals surface area contributed by atoms with Crippen molar-refractivity contribution in [2.75, 3.05) is 0 Å². The van der Waals surface area contributed by atoms with Gasteiger partial charge in [-0.25, -0.2) is 8.78 Å². The fraction of sp³-hybridized carbons (Fsp3) is 0.294. The third-order valence-electron chi connectivity index (χ3n) is 3.02. The first-order chi connectivity index (χ1) is 9.94. The maximum absolute atomic E-state index is 13.1. The molecule has 0 aromatic heterocycles. The summed E-state index contributed by atoms with van der Waals surface area (Å²) in [6, 6.07) is 9.31. The average Bonchev–Trinajstić information content (AvgIpc) is 2.38. The number of hydrogen-bond donors (Lipinski definition) is 1. The van der Waals surface area contributed by atoms with Crippen molar-refractivity contribution in [3.8, 4) is 11.5 Å². The number of ether oxygens (including phenoxy) is 1. The van der Waals surface area contributed by atoms with Crippen molar-refractivity contribution in [3.05, 3.63) is 59.2 Å². The molecule has 2 nitrogen and oxygen atoms in total. The molecule has 0 aliphatic heterocycles. The molecule has 0 unspecified atom stereocenters. The summed E-state index contributed by atoms with van der Waals surface area (Å²) in [6.07, 6.45) is 0. The maximum atomic E-state index is 13.1. The number of aryl methyl sites for hydroxylation is 1. The number of halogens is 2. The summed E-state index contributed by atoms with van der Waals surface area (Å²) in [6.45, 7) is 6.85. The Morgan fingerprint density at radius 2 is 1.71 bits per heavy atom. The quantitative estimate of drug-likeness (QED) is 0.871. The van der Waals surface area contributed by atoms with E-state index in [9.17, 15) is 8.78 Å². The van der Waals surface area contributed by atoms with Crippen molar-refractivity contribution in [2.45, 2.75) is 33.4 Å². The van der Waals surface area contributed by atoms with Crippen LogP contribution in [0.2, 0.25) is 0 Å². The van der Waals surface area contributed by atoms with E-state index in [2.05, 4.69) is 19.2 Å². The molecule has 1 N–H and O–H groups in total. The molecule has 112 valence electrons. The molecule has 0 saturated carbocycles. The molecular formula is C17H19F2NO. The summed E-state index contributed by atoms with van der Waals surface area (Å²) >= 11 is 0. The number of hydrogen-bond acceptors (Lipinski definition) is 2. The molecular weight excluding hydrogens is 272 g/mol. The SMILES string of the molecule is Cc1cc(CNC(C)C)ccc1Oc1cc(F)cc(F)c1. The van der Waals surface area contributed by atoms with Gasteiger partial charge in [-0.1, -0.05) is 26.0 Å². The predicted molar refractivity (Wildman–Crippen MR) is 79.6 cm³/mol. The van der Waals surface area contributed by atoms with Crippen molar-refractivity contribution < 1.29 is 13.5 Å². The Kier molecular flexibility index (Phi) is 4.91. The molecule has 4 heteroatoms. The number of benzene rings is 2. The van der Waals surface area contributed by atoms with Crippen LogP contribution in [0.5, 0.6) is 11.5 Å². The van der Waals surface area contributed by atoms with Gasteiger partial charge in [-0.2, -0.15) is 0 Å². The van der Waals surface area contributed by atoms with Gasteiger partial charge < -0.3 is 10.1 Å². The van der Waals surface area contributed by atoms with Gasteiger partial charge in [0.05, 0.1) is 0 Å². The second-order valence-corrected chi connectivity index (χ2v) is 5.34. The predicted octanol–water partition coefficient (Wildman–Crippen LogP) is 4.56. The van der Waals surface area contributed by atoms with E-state index < -0.39 is 11.6 Å². The fourth-order valence-corrected chi connectivity index (χ4v) is 1.97. The minimum atomic E-state index is -0.652. The molecule has 0 aliphatic carbocycles. The first-order valence-electron chi connectivity index (χ1n) is 6.91. The second-order valence-electron chi connectivity index (χ2n) is 5.34. The van der Waals surface area contributed by atoms with Crippen LogP contribution in [0.1, 0.15) is 25.0 Å². The Balaban J connectivity index is 2.13. The molecule has 0 aliphatic rings. The van der Waals surface area contributed by atoms with Gasteiger partial charge in [-0.05, 0) is 24.1 Å². The summed E-state index contributed by atoms with van der Waals surface area (Å²) in [5.41, 5.74) is 2.06. The molecule has 0 bridgehead atoms. The van der Waals surface area contributed by atoms with Gasteiger partial charge >= 0.3 is 0 Å². The van der Waals surface area contributed by atoms with E-state index in [0.29, 0.717) is 11.8 Å². The Morgan fingerprint density at radius 3 is 2.29 bits per heavy atom. The smallest absolute Gasteiger partial charge is 0.133 e. The third-order valence-corrected chi connectivity index (χ3v) is 3.02. The molecule has 0 fully saturated rings. The lowest BCUT2D eigenvalue weighted by Gasteiger charge is -2.12. The largest absolute Gasteiger partial charge is 0.457 e. The van der Waals surface area contributed by atoms with Gasteiger partial charge in [-0.15, -0.1) is 0 Å². The van der Waals surface area contributed by atoms with Crippen LogP contribution < -0.4 is 10.1 Å². The summed E-state index contributed by atoms with van der Waals surface area (Å²) < 4.78 is 31.8. The summed E-state index contributed by atoms with van der Waals surface area (Å²) in [5.74, 6) is -0.558. The average molecular weight is 291 g/mol. The second kappa shape index (κ2) is 6.68. The lowest BCUT2D eigenvalue weighted by Crippen LogP contribution is -2.21. The van der Waals surface area contributed by atoms with Crippen LogP contribution in [-0.2, 0) is 6.54 Å². The molecule has 0 amide bonds. The van der Waals surface area contributed by atoms with E-state index in [-0.39, 0.29) is 5.75 Å². The van der Waals surface area contributed by atoms with Crippen molar-refractivity contribution >= 4 is 0 Å². The Morgan fingerprint density at radius 1 is 1.05 bits per heavy atom. The van der Waals surface area contributed by atoms with Gasteiger partial charge in [0, 0.05) is 30.8 Å². The van der Waals surface area contributed by atoms with Crippen LogP contribution >= 0.6 is 0 Å². The van der Waals surface area contributed by atoms with E-state index in [1.54, 1.807) is 0 Å². The lowest BCUT2D eigenvalue weighted by molar-refractivity contribution is 0.464. The normalized spacial score (nSPS) is 11.0. The molecule has 0 atom stereocenters. The van der Waals surface area contributed by atoms with Crippen LogP contribution in [0.3, 0.4) is 0 Å². The Bertz CT molecular complexity index is 606. The molecule has 2 aromatic rings. The van der Waals surface area contributed by atoms with Crippen LogP contribution in [0.25, 0.3) is 0 Å². The first kappa shape index (κ1) is 15.4. The molecule has 2 rings (SSSR count). The van der Waals surface area contributed by atoms with Crippen LogP contribution in [0.4, 0.5) is 8.78 Å². The minimum absolute atomic E-state index is 0.156. The van der Waals surface area contributed by atoms with Gasteiger partial charge in [0.1, 0.15) is 23.1 Å². The van der Waals surface area contributed by atoms with E-state index in [4.69, 9.17) is 4.74 Å². The fourth-order valence-electron chi connectivity index (χ4n) is 1.97. The van der Waals surface area contributed by atoms with Crippen LogP contribution in [-0.4, -0.2) is 6.04 Å². The number of nitrogens with one attached hydrogen (secondary N) is 1. The van der Waals surface area contributed by atoms with Crippen molar-refractivity contribution in [3.63, 3.8) is 0 Å². The van der Waals surface area contributed by atoms with E-state index in [0.717, 1.165) is 35.9 Å². The van der Waals surface area contributed by atoms with E-state index >= 15 is 0 Å². The highest BCUT2D eigenvalue weighted by Crippen LogP contribution is 2.27. The Hall–Kier alpha value is -1.94. The third kappa shape index (κ3) is 4.53. The molecule has 0 heterocycles. The van der Waals surface area contributed by atoms with E-state index in [1.165, 1.54) is 0 Å². The molecule has 0 radical (unpaired) electrons. The van der Waals surface area contributed by atoms with Gasteiger partial charge in [0.25, 0.3) is 0 Å². The van der Waals surface area contributed by atoms with Crippen LogP contribution in [0.15, 0.2) is 36.4 Å². The summed E-state index contributed by atoms with van der Waals surface area (Å²) in [5, 5.41) is 3.33. The summed E-state index contributed by atoms with van der Waals surface area (Å²) in [7, 11) is 0. The van der Waals surface area contributed by atoms with Gasteiger partial charge in [0.2, 0.25) is 0 Å². The monoisotopic (exact) mass is 291 g/mol. The van der Waals surface area contributed by atoms with Gasteiger partial charge in [-0.3, -0.25) is 0 Å². The Labute approximate surface area is 123 Å². The standard InChI is InChI=1S/C17H19F2NO/c1-11(2)20-10-13-4-5-17(12(3)6-13)21-16-8-14(18)7-15(19)9-16/h4-9,11,20H,10H2,1-3H3. The highest BCUT2D eigenvalue weighted by atomic mass is 19.1.